The van der Waals surface area contributed by atoms with E-state index >= 15 is 0 Å². The molecule has 1 spiro atoms. The van der Waals surface area contributed by atoms with Crippen molar-refractivity contribution in [3.63, 3.8) is 0 Å². The third-order valence-corrected chi connectivity index (χ3v) is 5.45. The molecule has 2 aliphatic rings. The van der Waals surface area contributed by atoms with Crippen molar-refractivity contribution in [2.24, 2.45) is 0 Å². The van der Waals surface area contributed by atoms with Gasteiger partial charge in [-0.05, 0) is 49.0 Å². The fraction of sp³-hybridized carbons (Fsp3) is 0.588. The Morgan fingerprint density at radius 1 is 1.38 bits per heavy atom. The summed E-state index contributed by atoms with van der Waals surface area (Å²) in [5.74, 6) is 3.23. The Morgan fingerprint density at radius 2 is 2.19 bits per heavy atom. The molecule has 2 aliphatic heterocycles. The van der Waals surface area contributed by atoms with E-state index < -0.39 is 0 Å². The van der Waals surface area contributed by atoms with E-state index in [0.717, 1.165) is 43.6 Å². The van der Waals surface area contributed by atoms with Crippen molar-refractivity contribution < 1.29 is 9.47 Å². The van der Waals surface area contributed by atoms with Gasteiger partial charge in [0.2, 0.25) is 0 Å². The van der Waals surface area contributed by atoms with Crippen molar-refractivity contribution >= 4 is 11.8 Å². The van der Waals surface area contributed by atoms with E-state index in [-0.39, 0.29) is 11.7 Å². The van der Waals surface area contributed by atoms with Crippen LogP contribution in [0.15, 0.2) is 18.2 Å². The van der Waals surface area contributed by atoms with Crippen LogP contribution >= 0.6 is 11.8 Å². The summed E-state index contributed by atoms with van der Waals surface area (Å²) in [5.41, 5.74) is 1.79. The number of nitrogens with zero attached hydrogens (tertiary/aromatic N) is 1. The van der Waals surface area contributed by atoms with Gasteiger partial charge in [0.1, 0.15) is 11.9 Å². The lowest BCUT2D eigenvalue weighted by molar-refractivity contribution is -0.116. The molecule has 3 nitrogen and oxygen atoms in total. The van der Waals surface area contributed by atoms with E-state index in [4.69, 9.17) is 14.7 Å². The lowest BCUT2D eigenvalue weighted by Crippen LogP contribution is -2.46. The van der Waals surface area contributed by atoms with Crippen molar-refractivity contribution in [1.29, 1.82) is 5.26 Å². The van der Waals surface area contributed by atoms with Crippen molar-refractivity contribution in [2.45, 2.75) is 44.3 Å². The summed E-state index contributed by atoms with van der Waals surface area (Å²) in [6.45, 7) is 2.81. The summed E-state index contributed by atoms with van der Waals surface area (Å²) in [6, 6.07) is 7.83. The Labute approximate surface area is 130 Å². The third kappa shape index (κ3) is 3.36. The normalized spacial score (nSPS) is 24.5. The maximum absolute atomic E-state index is 9.03. The minimum absolute atomic E-state index is 0.0366. The number of thioether (sulfide) groups is 1. The van der Waals surface area contributed by atoms with Crippen LogP contribution in [0.3, 0.4) is 0 Å². The molecule has 1 atom stereocenters. The second kappa shape index (κ2) is 6.29. The molecule has 21 heavy (non-hydrogen) atoms. The zero-order valence-corrected chi connectivity index (χ0v) is 13.2. The topological polar surface area (TPSA) is 42.2 Å². The quantitative estimate of drug-likeness (QED) is 0.835. The third-order valence-electron chi connectivity index (χ3n) is 4.46. The number of rotatable bonds is 2. The molecule has 1 unspecified atom stereocenters. The lowest BCUT2D eigenvalue weighted by atomic mass is 9.86. The Kier molecular flexibility index (Phi) is 4.42. The van der Waals surface area contributed by atoms with Crippen LogP contribution in [0.1, 0.15) is 36.8 Å². The predicted octanol–water partition coefficient (Wildman–Crippen LogP) is 3.69. The fourth-order valence-electron chi connectivity index (χ4n) is 3.15. The van der Waals surface area contributed by atoms with Crippen molar-refractivity contribution in [1.82, 2.24) is 0 Å². The minimum atomic E-state index is 0.0366. The van der Waals surface area contributed by atoms with Crippen LogP contribution in [-0.2, 0) is 4.74 Å². The van der Waals surface area contributed by atoms with Crippen LogP contribution in [0.25, 0.3) is 0 Å². The Hall–Kier alpha value is -1.18. The molecule has 0 bridgehead atoms. The molecule has 0 amide bonds. The molecule has 0 aromatic heterocycles. The van der Waals surface area contributed by atoms with Crippen molar-refractivity contribution in [3.8, 4) is 11.8 Å². The highest BCUT2D eigenvalue weighted by atomic mass is 32.2. The molecule has 1 aromatic rings. The first-order chi connectivity index (χ1) is 10.2. The fourth-order valence-corrected chi connectivity index (χ4v) is 4.39. The van der Waals surface area contributed by atoms with E-state index in [2.05, 4.69) is 6.07 Å². The average molecular weight is 303 g/mol. The highest BCUT2D eigenvalue weighted by molar-refractivity contribution is 7.99. The SMILES string of the molecule is Cc1ccc(C#N)cc1OC1CCOC2(CCSCC2)C1. The van der Waals surface area contributed by atoms with Crippen LogP contribution in [0.2, 0.25) is 0 Å². The van der Waals surface area contributed by atoms with Gasteiger partial charge in [-0.25, -0.2) is 0 Å². The highest BCUT2D eigenvalue weighted by Gasteiger charge is 2.39. The van der Waals surface area contributed by atoms with Gasteiger partial charge >= 0.3 is 0 Å². The molecular weight excluding hydrogens is 282 g/mol. The summed E-state index contributed by atoms with van der Waals surface area (Å²) >= 11 is 2.02. The number of aryl methyl sites for hydroxylation is 1. The maximum Gasteiger partial charge on any atom is 0.123 e. The van der Waals surface area contributed by atoms with Gasteiger partial charge in [0, 0.05) is 12.8 Å². The predicted molar refractivity (Wildman–Crippen MR) is 84.8 cm³/mol. The summed E-state index contributed by atoms with van der Waals surface area (Å²) in [4.78, 5) is 0. The zero-order chi connectivity index (χ0) is 14.7. The van der Waals surface area contributed by atoms with E-state index in [9.17, 15) is 0 Å². The average Bonchev–Trinajstić information content (AvgIpc) is 2.50. The second-order valence-electron chi connectivity index (χ2n) is 5.97. The Morgan fingerprint density at radius 3 is 2.95 bits per heavy atom. The lowest BCUT2D eigenvalue weighted by Gasteiger charge is -2.43. The summed E-state index contributed by atoms with van der Waals surface area (Å²) in [7, 11) is 0. The summed E-state index contributed by atoms with van der Waals surface area (Å²) < 4.78 is 12.3. The Bertz CT molecular complexity index is 541. The van der Waals surface area contributed by atoms with Crippen LogP contribution in [-0.4, -0.2) is 29.8 Å². The number of benzene rings is 1. The van der Waals surface area contributed by atoms with Gasteiger partial charge in [-0.15, -0.1) is 0 Å². The number of nitriles is 1. The van der Waals surface area contributed by atoms with Crippen LogP contribution in [0.5, 0.6) is 5.75 Å². The van der Waals surface area contributed by atoms with Crippen LogP contribution < -0.4 is 4.74 Å². The van der Waals surface area contributed by atoms with Gasteiger partial charge in [-0.3, -0.25) is 0 Å². The van der Waals surface area contributed by atoms with Crippen LogP contribution in [0, 0.1) is 18.3 Å². The molecule has 2 fully saturated rings. The van der Waals surface area contributed by atoms with E-state index in [1.54, 1.807) is 0 Å². The molecule has 0 N–H and O–H groups in total. The maximum atomic E-state index is 9.03. The zero-order valence-electron chi connectivity index (χ0n) is 12.4. The summed E-state index contributed by atoms with van der Waals surface area (Å²) in [5, 5.41) is 9.03. The molecule has 0 radical (unpaired) electrons. The van der Waals surface area contributed by atoms with Gasteiger partial charge in [-0.2, -0.15) is 17.0 Å². The minimum Gasteiger partial charge on any atom is -0.490 e. The van der Waals surface area contributed by atoms with E-state index in [1.807, 2.05) is 36.9 Å². The first-order valence-electron chi connectivity index (χ1n) is 7.60. The highest BCUT2D eigenvalue weighted by Crippen LogP contribution is 2.38. The number of hydrogen-bond donors (Lipinski definition) is 0. The van der Waals surface area contributed by atoms with Gasteiger partial charge < -0.3 is 9.47 Å². The number of hydrogen-bond acceptors (Lipinski definition) is 4. The monoisotopic (exact) mass is 303 g/mol. The van der Waals surface area contributed by atoms with Crippen LogP contribution in [0.4, 0.5) is 0 Å². The van der Waals surface area contributed by atoms with Gasteiger partial charge in [0.15, 0.2) is 0 Å². The molecule has 112 valence electrons. The van der Waals surface area contributed by atoms with E-state index in [1.165, 1.54) is 11.5 Å². The number of ether oxygens (including phenoxy) is 2. The Balaban J connectivity index is 1.71. The standard InChI is InChI=1S/C17H21NO2S/c1-13-2-3-14(12-18)10-16(13)20-15-4-7-19-17(11-15)5-8-21-9-6-17/h2-3,10,15H,4-9,11H2,1H3. The van der Waals surface area contributed by atoms with Gasteiger partial charge in [0.25, 0.3) is 0 Å². The first kappa shape index (κ1) is 14.7. The molecule has 2 heterocycles. The molecule has 2 saturated heterocycles. The van der Waals surface area contributed by atoms with Crippen molar-refractivity contribution in [3.05, 3.63) is 29.3 Å². The van der Waals surface area contributed by atoms with Gasteiger partial charge in [-0.1, -0.05) is 6.07 Å². The molecule has 0 aliphatic carbocycles. The van der Waals surface area contributed by atoms with Gasteiger partial charge in [0.05, 0.1) is 23.8 Å². The second-order valence-corrected chi connectivity index (χ2v) is 7.19. The molecule has 0 saturated carbocycles. The smallest absolute Gasteiger partial charge is 0.123 e. The first-order valence-corrected chi connectivity index (χ1v) is 8.75. The molecule has 1 aromatic carbocycles. The molecular formula is C17H21NO2S. The molecule has 4 heteroatoms. The van der Waals surface area contributed by atoms with Crippen molar-refractivity contribution in [2.75, 3.05) is 18.1 Å². The molecule has 3 rings (SSSR count). The largest absolute Gasteiger partial charge is 0.490 e. The summed E-state index contributed by atoms with van der Waals surface area (Å²) in [6.07, 6.45) is 4.38. The van der Waals surface area contributed by atoms with E-state index in [0.29, 0.717) is 5.56 Å².